The second-order valence-electron chi connectivity index (χ2n) is 5.73. The first kappa shape index (κ1) is 19.2. The number of carbonyl (C=O) groups is 3. The molecule has 0 spiro atoms. The molecule has 9 heteroatoms. The Balaban J connectivity index is 1.73. The van der Waals surface area contributed by atoms with Gasteiger partial charge in [0.2, 0.25) is 5.91 Å². The van der Waals surface area contributed by atoms with Crippen molar-refractivity contribution in [1.29, 1.82) is 0 Å². The van der Waals surface area contributed by atoms with E-state index in [4.69, 9.17) is 17.0 Å². The number of hydrogen-bond acceptors (Lipinski definition) is 6. The second kappa shape index (κ2) is 8.40. The van der Waals surface area contributed by atoms with E-state index in [-0.39, 0.29) is 5.11 Å². The smallest absolute Gasteiger partial charge is 0.271 e. The van der Waals surface area contributed by atoms with E-state index in [0.29, 0.717) is 17.0 Å². The number of para-hydroxylation sites is 1. The highest BCUT2D eigenvalue weighted by atomic mass is 32.1. The molecule has 0 aliphatic carbocycles. The molecule has 3 amide bonds. The average Bonchev–Trinajstić information content (AvgIpc) is 2.71. The number of ether oxygens (including phenoxy) is 1. The van der Waals surface area contributed by atoms with Crippen LogP contribution in [0.25, 0.3) is 0 Å². The monoisotopic (exact) mass is 396 g/mol. The number of nitrogens with zero attached hydrogens (tertiary/aromatic N) is 2. The predicted molar refractivity (Wildman–Crippen MR) is 107 cm³/mol. The molecule has 8 nitrogen and oxygen atoms in total. The van der Waals surface area contributed by atoms with E-state index < -0.39 is 23.6 Å². The van der Waals surface area contributed by atoms with E-state index in [1.807, 2.05) is 0 Å². The van der Waals surface area contributed by atoms with Crippen molar-refractivity contribution in [3.63, 3.8) is 0 Å². The molecule has 1 heterocycles. The summed E-state index contributed by atoms with van der Waals surface area (Å²) in [6.07, 6.45) is 1.08. The fourth-order valence-corrected chi connectivity index (χ4v) is 2.84. The molecule has 28 heavy (non-hydrogen) atoms. The van der Waals surface area contributed by atoms with Crippen molar-refractivity contribution in [2.75, 3.05) is 12.0 Å². The third-order valence-corrected chi connectivity index (χ3v) is 4.22. The number of methoxy groups -OCH3 is 1. The van der Waals surface area contributed by atoms with Crippen molar-refractivity contribution in [3.05, 3.63) is 60.2 Å². The lowest BCUT2D eigenvalue weighted by molar-refractivity contribution is -0.130. The zero-order valence-electron chi connectivity index (χ0n) is 14.8. The minimum atomic E-state index is -1.22. The average molecular weight is 396 g/mol. The number of rotatable bonds is 5. The van der Waals surface area contributed by atoms with E-state index in [1.54, 1.807) is 54.6 Å². The molecule has 1 atom stereocenters. The Hall–Kier alpha value is -3.59. The van der Waals surface area contributed by atoms with Crippen molar-refractivity contribution in [2.24, 2.45) is 11.0 Å². The first-order chi connectivity index (χ1) is 13.5. The van der Waals surface area contributed by atoms with Gasteiger partial charge in [-0.25, -0.2) is 5.43 Å². The molecule has 3 rings (SSSR count). The van der Waals surface area contributed by atoms with E-state index in [0.717, 1.165) is 6.21 Å². The standard InChI is InChI=1S/C19H16N4O4S/c1-27-14-9-5-6-12(10-14)16(24)22-20-11-15-17(25)21-19(28)23(18(15)26)13-7-3-2-4-8-13/h2-11,15H,1H3,(H,22,24)(H,21,25,28)/b20-11+. The molecular weight excluding hydrogens is 380 g/mol. The van der Waals surface area contributed by atoms with Crippen molar-refractivity contribution in [3.8, 4) is 5.75 Å². The molecule has 2 aromatic rings. The summed E-state index contributed by atoms with van der Waals surface area (Å²) in [7, 11) is 1.49. The lowest BCUT2D eigenvalue weighted by Gasteiger charge is -2.30. The van der Waals surface area contributed by atoms with Crippen LogP contribution in [0, 0.1) is 5.92 Å². The number of benzene rings is 2. The van der Waals surface area contributed by atoms with Gasteiger partial charge in [-0.3, -0.25) is 19.3 Å². The summed E-state index contributed by atoms with van der Waals surface area (Å²) in [6, 6.07) is 15.2. The summed E-state index contributed by atoms with van der Waals surface area (Å²) >= 11 is 5.10. The summed E-state index contributed by atoms with van der Waals surface area (Å²) < 4.78 is 5.06. The van der Waals surface area contributed by atoms with Crippen LogP contribution < -0.4 is 20.4 Å². The molecular formula is C19H16N4O4S. The lowest BCUT2D eigenvalue weighted by Crippen LogP contribution is -2.58. The molecule has 0 bridgehead atoms. The number of thiocarbonyl (C=S) groups is 1. The van der Waals surface area contributed by atoms with E-state index in [1.165, 1.54) is 12.0 Å². The number of hydrogen-bond donors (Lipinski definition) is 2. The second-order valence-corrected chi connectivity index (χ2v) is 6.12. The molecule has 0 radical (unpaired) electrons. The van der Waals surface area contributed by atoms with E-state index >= 15 is 0 Å². The molecule has 2 N–H and O–H groups in total. The van der Waals surface area contributed by atoms with Gasteiger partial charge in [-0.15, -0.1) is 0 Å². The Kier molecular flexibility index (Phi) is 5.75. The SMILES string of the molecule is COc1cccc(C(=O)N/N=C/C2C(=O)NC(=S)N(c3ccccc3)C2=O)c1. The van der Waals surface area contributed by atoms with Gasteiger partial charge < -0.3 is 10.1 Å². The summed E-state index contributed by atoms with van der Waals surface area (Å²) in [5, 5.41) is 6.23. The van der Waals surface area contributed by atoms with E-state index in [2.05, 4.69) is 15.8 Å². The van der Waals surface area contributed by atoms with Crippen molar-refractivity contribution < 1.29 is 19.1 Å². The molecule has 1 aliphatic heterocycles. The first-order valence-electron chi connectivity index (χ1n) is 8.22. The van der Waals surface area contributed by atoms with Gasteiger partial charge in [-0.05, 0) is 42.5 Å². The van der Waals surface area contributed by atoms with Crippen LogP contribution in [0.3, 0.4) is 0 Å². The topological polar surface area (TPSA) is 100 Å². The minimum Gasteiger partial charge on any atom is -0.497 e. The number of nitrogens with one attached hydrogen (secondary N) is 2. The summed E-state index contributed by atoms with van der Waals surface area (Å²) in [5.41, 5.74) is 3.14. The zero-order valence-corrected chi connectivity index (χ0v) is 15.6. The highest BCUT2D eigenvalue weighted by Crippen LogP contribution is 2.19. The van der Waals surface area contributed by atoms with Crippen LogP contribution in [0.4, 0.5) is 5.69 Å². The third-order valence-electron chi connectivity index (χ3n) is 3.94. The molecule has 1 saturated heterocycles. The van der Waals surface area contributed by atoms with Crippen LogP contribution in [0.15, 0.2) is 59.7 Å². The van der Waals surface area contributed by atoms with Gasteiger partial charge in [0.15, 0.2) is 11.0 Å². The molecule has 142 valence electrons. The van der Waals surface area contributed by atoms with Crippen molar-refractivity contribution >= 4 is 47.0 Å². The van der Waals surface area contributed by atoms with Crippen molar-refractivity contribution in [2.45, 2.75) is 0 Å². The van der Waals surface area contributed by atoms with Gasteiger partial charge >= 0.3 is 0 Å². The number of anilines is 1. The van der Waals surface area contributed by atoms with Gasteiger partial charge in [-0.2, -0.15) is 5.10 Å². The molecule has 0 aromatic heterocycles. The Labute approximate surface area is 166 Å². The Morgan fingerprint density at radius 3 is 2.68 bits per heavy atom. The zero-order chi connectivity index (χ0) is 20.1. The summed E-state index contributed by atoms with van der Waals surface area (Å²) in [5.74, 6) is -2.38. The lowest BCUT2D eigenvalue weighted by atomic mass is 10.1. The largest absolute Gasteiger partial charge is 0.497 e. The van der Waals surface area contributed by atoms with Gasteiger partial charge in [-0.1, -0.05) is 24.3 Å². The fourth-order valence-electron chi connectivity index (χ4n) is 2.54. The molecule has 0 saturated carbocycles. The Morgan fingerprint density at radius 2 is 1.96 bits per heavy atom. The van der Waals surface area contributed by atoms with Gasteiger partial charge in [0.05, 0.1) is 12.8 Å². The fraction of sp³-hybridized carbons (Fsp3) is 0.105. The Morgan fingerprint density at radius 1 is 1.21 bits per heavy atom. The van der Waals surface area contributed by atoms with Crippen LogP contribution >= 0.6 is 12.2 Å². The molecule has 1 fully saturated rings. The van der Waals surface area contributed by atoms with Gasteiger partial charge in [0, 0.05) is 11.8 Å². The maximum atomic E-state index is 12.7. The van der Waals surface area contributed by atoms with Gasteiger partial charge in [0.1, 0.15) is 5.75 Å². The highest BCUT2D eigenvalue weighted by Gasteiger charge is 2.38. The number of carbonyl (C=O) groups excluding carboxylic acids is 3. The van der Waals surface area contributed by atoms with E-state index in [9.17, 15) is 14.4 Å². The van der Waals surface area contributed by atoms with Crippen LogP contribution in [-0.2, 0) is 9.59 Å². The summed E-state index contributed by atoms with van der Waals surface area (Å²) in [6.45, 7) is 0. The number of hydrazone groups is 1. The quantitative estimate of drug-likeness (QED) is 0.345. The molecule has 1 unspecified atom stereocenters. The Bertz CT molecular complexity index is 961. The van der Waals surface area contributed by atoms with Crippen molar-refractivity contribution in [1.82, 2.24) is 10.7 Å². The molecule has 2 aromatic carbocycles. The normalized spacial score (nSPS) is 16.8. The molecule has 1 aliphatic rings. The number of amides is 3. The minimum absolute atomic E-state index is 0.00809. The van der Waals surface area contributed by atoms with Crippen LogP contribution in [-0.4, -0.2) is 36.2 Å². The van der Waals surface area contributed by atoms with Gasteiger partial charge in [0.25, 0.3) is 11.8 Å². The first-order valence-corrected chi connectivity index (χ1v) is 8.63. The van der Waals surface area contributed by atoms with Crippen LogP contribution in [0.2, 0.25) is 0 Å². The van der Waals surface area contributed by atoms with Crippen LogP contribution in [0.5, 0.6) is 5.75 Å². The summed E-state index contributed by atoms with van der Waals surface area (Å²) in [4.78, 5) is 38.3. The third kappa shape index (κ3) is 4.04. The highest BCUT2D eigenvalue weighted by molar-refractivity contribution is 7.80. The van der Waals surface area contributed by atoms with Crippen LogP contribution in [0.1, 0.15) is 10.4 Å². The maximum absolute atomic E-state index is 12.7. The predicted octanol–water partition coefficient (Wildman–Crippen LogP) is 1.47. The maximum Gasteiger partial charge on any atom is 0.271 e.